The predicted molar refractivity (Wildman–Crippen MR) is 549 cm³/mol. The molecule has 1 amide bonds. The molecule has 16 rings (SSSR count). The highest BCUT2D eigenvalue weighted by molar-refractivity contribution is 14.1. The summed E-state index contributed by atoms with van der Waals surface area (Å²) in [6, 6.07) is 48.5. The lowest BCUT2D eigenvalue weighted by Crippen LogP contribution is -2.32. The first-order valence-electron chi connectivity index (χ1n) is 42.6. The molecule has 8 N–H and O–H groups in total. The van der Waals surface area contributed by atoms with Crippen LogP contribution in [0, 0.1) is 61.5 Å². The smallest absolute Gasteiger partial charge is 0.491 e. The number of nitrogens with zero attached hydrogens (tertiary/aromatic N) is 12. The lowest BCUT2D eigenvalue weighted by atomic mass is 9.80. The number of hydrogen-bond donors (Lipinski definition) is 7. The molecule has 4 aromatic carbocycles. The number of methoxy groups -OCH3 is 7. The Morgan fingerprint density at radius 2 is 0.708 bits per heavy atom. The first-order chi connectivity index (χ1) is 68.6. The van der Waals surface area contributed by atoms with Gasteiger partial charge >= 0.3 is 38.1 Å². The summed E-state index contributed by atoms with van der Waals surface area (Å²) in [5, 5.41) is 47.0. The highest BCUT2D eigenvalue weighted by Gasteiger charge is 2.25. The second kappa shape index (κ2) is 56.8. The summed E-state index contributed by atoms with van der Waals surface area (Å²) in [5.41, 5.74) is 20.3. The van der Waals surface area contributed by atoms with Crippen LogP contribution in [0.1, 0.15) is 91.0 Å². The number of amides is 1. The Kier molecular flexibility index (Phi) is 44.9. The largest absolute Gasteiger partial charge is 0.491 e. The Bertz CT molecular complexity index is 7130. The normalized spacial score (nSPS) is 10.1. The molecule has 740 valence electrons. The van der Waals surface area contributed by atoms with E-state index in [1.807, 2.05) is 81.5 Å². The van der Waals surface area contributed by atoms with E-state index < -0.39 is 67.3 Å². The summed E-state index contributed by atoms with van der Waals surface area (Å²) in [6.45, 7) is 10.1. The van der Waals surface area contributed by atoms with Crippen molar-refractivity contribution in [3.8, 4) is 102 Å². The van der Waals surface area contributed by atoms with Crippen molar-refractivity contribution in [3.05, 3.63) is 379 Å². The van der Waals surface area contributed by atoms with Crippen LogP contribution in [0.15, 0.2) is 275 Å². The van der Waals surface area contributed by atoms with Crippen LogP contribution in [0.25, 0.3) is 78.3 Å². The minimum Gasteiger partial charge on any atom is -0.491 e. The van der Waals surface area contributed by atoms with Crippen LogP contribution in [0.3, 0.4) is 0 Å². The van der Waals surface area contributed by atoms with Crippen molar-refractivity contribution in [2.24, 2.45) is 5.73 Å². The molecule has 12 aromatic heterocycles. The SMILES string of the molecule is COC(=O)c1cc(-c2cncc(C)c2)cnc1-c1ccccc1F.COC(=O)c1cc(-c2cncc(C)c2)cnc1Cl.COC(=O)c1cc(I)cnc1Cl.COc1ccc(CN)nc1OC.COc1ccc(CNC(=O)c2cc(-c3cncc(C)c3)cnc2-c2ccccc2F)nc1OC.Cc1cncc(-c2cnc(-c3ccccc3F)c(C(=O)O)c2)c1.Cc1cncc(B(O)O)c1.Cl.OB(O)c1ccccc1F. The number of ether oxygens (including phenoxy) is 7. The van der Waals surface area contributed by atoms with Crippen molar-refractivity contribution in [2.75, 3.05) is 49.8 Å². The van der Waals surface area contributed by atoms with E-state index in [1.54, 1.807) is 198 Å². The van der Waals surface area contributed by atoms with Crippen LogP contribution < -0.4 is 40.9 Å². The van der Waals surface area contributed by atoms with Gasteiger partial charge in [0.15, 0.2) is 11.5 Å². The number of nitrogens with one attached hydrogen (secondary N) is 1. The number of rotatable bonds is 21. The molecule has 16 aromatic rings. The van der Waals surface area contributed by atoms with Gasteiger partial charge < -0.3 is 69.4 Å². The maximum atomic E-state index is 14.6. The number of carboxylic acid groups (broad SMARTS) is 1. The van der Waals surface area contributed by atoms with Crippen LogP contribution >= 0.6 is 58.2 Å². The van der Waals surface area contributed by atoms with Gasteiger partial charge in [0, 0.05) is 175 Å². The van der Waals surface area contributed by atoms with Gasteiger partial charge in [-0.25, -0.2) is 56.7 Å². The van der Waals surface area contributed by atoms with E-state index in [0.29, 0.717) is 63.2 Å². The van der Waals surface area contributed by atoms with E-state index in [4.69, 9.17) is 72.7 Å². The van der Waals surface area contributed by atoms with E-state index >= 15 is 0 Å². The summed E-state index contributed by atoms with van der Waals surface area (Å²) in [4.78, 5) is 109. The van der Waals surface area contributed by atoms with Gasteiger partial charge in [0.2, 0.25) is 0 Å². The molecule has 0 atom stereocenters. The molecule has 0 spiro atoms. The van der Waals surface area contributed by atoms with Crippen molar-refractivity contribution < 1.29 is 99.9 Å². The van der Waals surface area contributed by atoms with Crippen molar-refractivity contribution in [1.29, 1.82) is 0 Å². The maximum absolute atomic E-state index is 14.6. The number of benzene rings is 4. The van der Waals surface area contributed by atoms with Crippen LogP contribution in [-0.4, -0.2) is 179 Å². The quantitative estimate of drug-likeness (QED) is 0.00877. The molecule has 41 heteroatoms. The number of carboxylic acids is 1. The number of aryl methyl sites for hydroxylation is 5. The van der Waals surface area contributed by atoms with Gasteiger partial charge in [-0.2, -0.15) is 0 Å². The molecular formula is C103H94B2Cl3F4IN14O17. The predicted octanol–water partition coefficient (Wildman–Crippen LogP) is 17.2. The molecule has 0 aliphatic heterocycles. The number of aromatic nitrogens is 12. The first kappa shape index (κ1) is 114. The molecule has 31 nitrogen and oxygen atoms in total. The summed E-state index contributed by atoms with van der Waals surface area (Å²) in [7, 11) is 6.90. The Labute approximate surface area is 856 Å². The molecule has 144 heavy (non-hydrogen) atoms. The second-order valence-corrected chi connectivity index (χ2v) is 32.1. The van der Waals surface area contributed by atoms with Gasteiger partial charge in [-0.15, -0.1) is 12.4 Å². The van der Waals surface area contributed by atoms with Crippen LogP contribution in [0.2, 0.25) is 10.3 Å². The Morgan fingerprint density at radius 3 is 1.07 bits per heavy atom. The van der Waals surface area contributed by atoms with Crippen LogP contribution in [-0.2, 0) is 27.3 Å². The highest BCUT2D eigenvalue weighted by Crippen LogP contribution is 2.35. The van der Waals surface area contributed by atoms with E-state index in [2.05, 4.69) is 74.6 Å². The molecule has 0 aliphatic rings. The topological polar surface area (TPSA) is 444 Å². The fourth-order valence-corrected chi connectivity index (χ4v) is 13.7. The fraction of sp³-hybridized carbons (Fsp3) is 0.136. The van der Waals surface area contributed by atoms with Gasteiger partial charge in [-0.05, 0) is 206 Å². The van der Waals surface area contributed by atoms with Crippen molar-refractivity contribution in [1.82, 2.24) is 65.1 Å². The number of carbonyl (C=O) groups excluding carboxylic acids is 4. The first-order valence-corrected chi connectivity index (χ1v) is 44.4. The molecule has 12 heterocycles. The Balaban J connectivity index is 0.000000208. The van der Waals surface area contributed by atoms with E-state index in [-0.39, 0.29) is 90.7 Å². The highest BCUT2D eigenvalue weighted by atomic mass is 127. The lowest BCUT2D eigenvalue weighted by Gasteiger charge is -2.13. The molecule has 0 unspecified atom stereocenters. The van der Waals surface area contributed by atoms with Gasteiger partial charge in [-0.3, -0.25) is 44.7 Å². The zero-order valence-corrected chi connectivity index (χ0v) is 83.7. The molecular weight excluding hydrogens is 2040 g/mol. The second-order valence-electron chi connectivity index (χ2n) is 30.1. The summed E-state index contributed by atoms with van der Waals surface area (Å²) >= 11 is 13.6. The number of nitrogens with two attached hydrogens (primary N) is 1. The van der Waals surface area contributed by atoms with Crippen LogP contribution in [0.5, 0.6) is 23.3 Å². The maximum Gasteiger partial charge on any atom is 0.491 e. The van der Waals surface area contributed by atoms with Gasteiger partial charge in [0.1, 0.15) is 33.6 Å². The minimum absolute atomic E-state index is 0. The van der Waals surface area contributed by atoms with Crippen LogP contribution in [0.4, 0.5) is 17.6 Å². The Morgan fingerprint density at radius 1 is 0.375 bits per heavy atom. The number of pyridine rings is 12. The molecule has 0 saturated heterocycles. The summed E-state index contributed by atoms with van der Waals surface area (Å²) in [6.07, 6.45) is 24.7. The number of esters is 3. The zero-order chi connectivity index (χ0) is 104. The Hall–Kier alpha value is -15.5. The van der Waals surface area contributed by atoms with Crippen molar-refractivity contribution in [2.45, 2.75) is 47.7 Å². The van der Waals surface area contributed by atoms with E-state index in [9.17, 15) is 46.6 Å². The van der Waals surface area contributed by atoms with Gasteiger partial charge in [0.05, 0.1) is 113 Å². The summed E-state index contributed by atoms with van der Waals surface area (Å²) < 4.78 is 90.4. The number of aromatic carboxylic acids is 1. The third kappa shape index (κ3) is 32.8. The average Bonchev–Trinajstić information content (AvgIpc) is 0.795. The molecule has 0 aliphatic carbocycles. The average molecular weight is 2130 g/mol. The molecule has 0 saturated carbocycles. The molecule has 0 bridgehead atoms. The fourth-order valence-electron chi connectivity index (χ4n) is 12.9. The number of hydrogen-bond acceptors (Lipinski definition) is 29. The standard InChI is InChI=1S/C26H23FN4O3.C19H15FN2O2.C18H13FN2O2.C13H11ClN2O2.C8H12N2O2.C7H5ClINO2.C6H6BFO2.C6H8BNO2.ClH/c1-16-10-17(13-28-12-16)18-11-21(24(29-14-18)20-6-4-5-7-22(20)27)25(32)30-15-19-8-9-23(33-2)26(31-19)34-3;1-12-7-13(10-21-9-12)14-8-16(19(23)24-2)18(22-11-14)15-5-3-4-6-17(15)20;1-11-6-12(9-20-8-11)13-7-15(18(22)23)17(21-10-13)14-4-2-3-5-16(14)19;1-8-3-9(6-15-5-8)10-4-11(13(17)18-2)12(14)16-7-10;1-11-7-4-3-6(5-9)10-8(7)12-2;1-12-7(11)5-2-4(9)3-10-6(5)8;8-6-4-2-1-3-5(6)7(9)10;1-5-2-6(7(9)10)4-8-3-5;/h4-14H,15H2,1-3H3,(H,30,32);3-11H,1-2H3;2-10H,1H3,(H,22,23);3-7H,1-2H3;3-4H,5,9H2,1-2H3;2-3H,1H3;1-4,9-10H;2-4,9-10H,1H3;1H. The van der Waals surface area contributed by atoms with E-state index in [0.717, 1.165) is 64.9 Å². The monoisotopic (exact) mass is 2130 g/mol. The van der Waals surface area contributed by atoms with Gasteiger partial charge in [-0.1, -0.05) is 83.9 Å². The van der Waals surface area contributed by atoms with Crippen molar-refractivity contribution >= 4 is 113 Å². The summed E-state index contributed by atoms with van der Waals surface area (Å²) in [5.74, 6) is -3.22. The molecule has 0 fully saturated rings. The molecule has 0 radical (unpaired) electrons. The zero-order valence-electron chi connectivity index (χ0n) is 79.2. The van der Waals surface area contributed by atoms with Crippen molar-refractivity contribution in [3.63, 3.8) is 0 Å². The third-order valence-corrected chi connectivity index (χ3v) is 21.0. The van der Waals surface area contributed by atoms with Gasteiger partial charge in [0.25, 0.3) is 17.7 Å². The lowest BCUT2D eigenvalue weighted by molar-refractivity contribution is 0.0591. The van der Waals surface area contributed by atoms with E-state index in [1.165, 1.54) is 103 Å². The number of halogens is 8. The number of carbonyl (C=O) groups is 5. The minimum atomic E-state index is -1.72. The third-order valence-electron chi connectivity index (χ3n) is 19.8.